The summed E-state index contributed by atoms with van der Waals surface area (Å²) in [7, 11) is 1.63. The number of hydrogen-bond donors (Lipinski definition) is 1. The van der Waals surface area contributed by atoms with Crippen molar-refractivity contribution in [1.82, 2.24) is 0 Å². The van der Waals surface area contributed by atoms with Crippen molar-refractivity contribution in [2.45, 2.75) is 58.3 Å². The number of carbonyl (C=O) groups is 1. The summed E-state index contributed by atoms with van der Waals surface area (Å²) in [6, 6.07) is 7.69. The zero-order valence-electron chi connectivity index (χ0n) is 14.5. The van der Waals surface area contributed by atoms with E-state index in [1.165, 1.54) is 0 Å². The summed E-state index contributed by atoms with van der Waals surface area (Å²) in [6.45, 7) is 6.49. The third kappa shape index (κ3) is 9.21. The molecule has 5 nitrogen and oxygen atoms in total. The van der Waals surface area contributed by atoms with Crippen LogP contribution >= 0.6 is 0 Å². The van der Waals surface area contributed by atoms with Crippen LogP contribution in [0, 0.1) is 0 Å². The largest absolute Gasteiger partial charge is 0.497 e. The van der Waals surface area contributed by atoms with Crippen molar-refractivity contribution < 1.29 is 24.1 Å². The van der Waals surface area contributed by atoms with E-state index in [9.17, 15) is 9.90 Å². The number of esters is 1. The lowest BCUT2D eigenvalue weighted by atomic mass is 10.1. The summed E-state index contributed by atoms with van der Waals surface area (Å²) in [5.74, 6) is 0.447. The smallest absolute Gasteiger partial charge is 0.308 e. The number of aliphatic hydroxyl groups is 1. The fourth-order valence-electron chi connectivity index (χ4n) is 2.01. The van der Waals surface area contributed by atoms with E-state index in [2.05, 4.69) is 0 Å². The van der Waals surface area contributed by atoms with Crippen LogP contribution in [0.4, 0.5) is 0 Å². The Hall–Kier alpha value is -1.59. The third-order valence-electron chi connectivity index (χ3n) is 3.08. The minimum Gasteiger partial charge on any atom is -0.497 e. The molecule has 1 aromatic carbocycles. The Balaban J connectivity index is 2.13. The van der Waals surface area contributed by atoms with Gasteiger partial charge in [-0.15, -0.1) is 0 Å². The molecule has 0 saturated heterocycles. The fraction of sp³-hybridized carbons (Fsp3) is 0.611. The van der Waals surface area contributed by atoms with Gasteiger partial charge in [0.25, 0.3) is 0 Å². The van der Waals surface area contributed by atoms with Crippen LogP contribution in [0.2, 0.25) is 0 Å². The summed E-state index contributed by atoms with van der Waals surface area (Å²) in [5, 5.41) is 9.82. The summed E-state index contributed by atoms with van der Waals surface area (Å²) < 4.78 is 15.8. The molecule has 1 atom stereocenters. The quantitative estimate of drug-likeness (QED) is 0.558. The molecule has 0 radical (unpaired) electrons. The van der Waals surface area contributed by atoms with Crippen molar-refractivity contribution in [1.29, 1.82) is 0 Å². The van der Waals surface area contributed by atoms with Crippen molar-refractivity contribution >= 4 is 5.97 Å². The number of aliphatic hydroxyl groups excluding tert-OH is 1. The summed E-state index contributed by atoms with van der Waals surface area (Å²) >= 11 is 0. The van der Waals surface area contributed by atoms with E-state index in [4.69, 9.17) is 14.2 Å². The summed E-state index contributed by atoms with van der Waals surface area (Å²) in [5.41, 5.74) is 0.554. The molecule has 0 spiro atoms. The molecule has 0 aliphatic rings. The van der Waals surface area contributed by atoms with E-state index in [0.717, 1.165) is 11.3 Å². The number of rotatable bonds is 9. The zero-order valence-corrected chi connectivity index (χ0v) is 14.5. The zero-order chi connectivity index (χ0) is 17.3. The van der Waals surface area contributed by atoms with Gasteiger partial charge in [-0.1, -0.05) is 12.1 Å². The number of ether oxygens (including phenoxy) is 3. The van der Waals surface area contributed by atoms with Crippen LogP contribution in [0.15, 0.2) is 24.3 Å². The molecule has 0 aromatic heterocycles. The lowest BCUT2D eigenvalue weighted by molar-refractivity contribution is -0.157. The van der Waals surface area contributed by atoms with E-state index in [1.54, 1.807) is 7.11 Å². The standard InChI is InChI=1S/C18H28O5/c1-18(2,3)23-17(20)12-15(19)6-5-11-22-13-14-7-9-16(21-4)10-8-14/h7-10,15,19H,5-6,11-13H2,1-4H3/t15-/m0/s1. The molecule has 23 heavy (non-hydrogen) atoms. The predicted molar refractivity (Wildman–Crippen MR) is 88.4 cm³/mol. The van der Waals surface area contributed by atoms with E-state index in [0.29, 0.717) is 26.1 Å². The molecule has 0 amide bonds. The molecule has 0 saturated carbocycles. The Bertz CT molecular complexity index is 461. The Labute approximate surface area is 138 Å². The Morgan fingerprint density at radius 1 is 1.22 bits per heavy atom. The summed E-state index contributed by atoms with van der Waals surface area (Å²) in [6.07, 6.45) is 0.548. The van der Waals surface area contributed by atoms with Gasteiger partial charge in [0.1, 0.15) is 11.4 Å². The first-order valence-corrected chi connectivity index (χ1v) is 7.91. The van der Waals surface area contributed by atoms with Crippen molar-refractivity contribution in [3.05, 3.63) is 29.8 Å². The Morgan fingerprint density at radius 2 is 1.87 bits per heavy atom. The summed E-state index contributed by atoms with van der Waals surface area (Å²) in [4.78, 5) is 11.6. The molecule has 0 bridgehead atoms. The number of methoxy groups -OCH3 is 1. The Morgan fingerprint density at radius 3 is 2.43 bits per heavy atom. The Kier molecular flexibility index (Phi) is 8.06. The highest BCUT2D eigenvalue weighted by molar-refractivity contribution is 5.70. The molecule has 5 heteroatoms. The lowest BCUT2D eigenvalue weighted by Crippen LogP contribution is -2.26. The van der Waals surface area contributed by atoms with Gasteiger partial charge < -0.3 is 19.3 Å². The maximum Gasteiger partial charge on any atom is 0.308 e. The van der Waals surface area contributed by atoms with Crippen LogP contribution in [0.1, 0.15) is 45.6 Å². The fourth-order valence-corrected chi connectivity index (χ4v) is 2.01. The monoisotopic (exact) mass is 324 g/mol. The van der Waals surface area contributed by atoms with Gasteiger partial charge in [-0.25, -0.2) is 0 Å². The van der Waals surface area contributed by atoms with E-state index in [1.807, 2.05) is 45.0 Å². The average molecular weight is 324 g/mol. The van der Waals surface area contributed by atoms with Gasteiger partial charge in [-0.05, 0) is 51.3 Å². The van der Waals surface area contributed by atoms with Crippen molar-refractivity contribution in [2.75, 3.05) is 13.7 Å². The lowest BCUT2D eigenvalue weighted by Gasteiger charge is -2.20. The second kappa shape index (κ2) is 9.53. The van der Waals surface area contributed by atoms with E-state index >= 15 is 0 Å². The van der Waals surface area contributed by atoms with Gasteiger partial charge in [0.15, 0.2) is 0 Å². The van der Waals surface area contributed by atoms with Crippen LogP contribution in [-0.4, -0.2) is 36.5 Å². The highest BCUT2D eigenvalue weighted by atomic mass is 16.6. The second-order valence-corrected chi connectivity index (χ2v) is 6.49. The molecule has 0 aliphatic heterocycles. The maximum atomic E-state index is 11.6. The highest BCUT2D eigenvalue weighted by Crippen LogP contribution is 2.13. The van der Waals surface area contributed by atoms with Crippen LogP contribution in [0.3, 0.4) is 0 Å². The molecular formula is C18H28O5. The normalized spacial score (nSPS) is 12.7. The number of benzene rings is 1. The molecule has 0 aliphatic carbocycles. The molecule has 0 unspecified atom stereocenters. The van der Waals surface area contributed by atoms with Crippen molar-refractivity contribution in [3.8, 4) is 5.75 Å². The topological polar surface area (TPSA) is 65.0 Å². The van der Waals surface area contributed by atoms with E-state index < -0.39 is 11.7 Å². The molecule has 1 aromatic rings. The van der Waals surface area contributed by atoms with Crippen LogP contribution in [0.25, 0.3) is 0 Å². The molecular weight excluding hydrogens is 296 g/mol. The maximum absolute atomic E-state index is 11.6. The molecule has 1 rings (SSSR count). The van der Waals surface area contributed by atoms with Crippen molar-refractivity contribution in [2.24, 2.45) is 0 Å². The molecule has 130 valence electrons. The third-order valence-corrected chi connectivity index (χ3v) is 3.08. The van der Waals surface area contributed by atoms with Crippen LogP contribution in [0.5, 0.6) is 5.75 Å². The average Bonchev–Trinajstić information content (AvgIpc) is 2.45. The SMILES string of the molecule is COc1ccc(COCCC[C@H](O)CC(=O)OC(C)(C)C)cc1. The number of hydrogen-bond acceptors (Lipinski definition) is 5. The molecule has 0 heterocycles. The first-order valence-electron chi connectivity index (χ1n) is 7.91. The first-order chi connectivity index (χ1) is 10.8. The van der Waals surface area contributed by atoms with Gasteiger partial charge in [-0.2, -0.15) is 0 Å². The highest BCUT2D eigenvalue weighted by Gasteiger charge is 2.18. The second-order valence-electron chi connectivity index (χ2n) is 6.49. The van der Waals surface area contributed by atoms with Crippen LogP contribution in [-0.2, 0) is 20.9 Å². The van der Waals surface area contributed by atoms with Gasteiger partial charge in [0.05, 0.1) is 26.2 Å². The van der Waals surface area contributed by atoms with Crippen LogP contribution < -0.4 is 4.74 Å². The van der Waals surface area contributed by atoms with Gasteiger partial charge in [0.2, 0.25) is 0 Å². The minimum absolute atomic E-state index is 0.0236. The van der Waals surface area contributed by atoms with Gasteiger partial charge in [0, 0.05) is 6.61 Å². The van der Waals surface area contributed by atoms with Gasteiger partial charge >= 0.3 is 5.97 Å². The van der Waals surface area contributed by atoms with E-state index in [-0.39, 0.29) is 12.4 Å². The number of carbonyl (C=O) groups excluding carboxylic acids is 1. The molecule has 1 N–H and O–H groups in total. The first kappa shape index (κ1) is 19.5. The minimum atomic E-state index is -0.686. The molecule has 0 fully saturated rings. The van der Waals surface area contributed by atoms with Gasteiger partial charge in [-0.3, -0.25) is 4.79 Å². The predicted octanol–water partition coefficient (Wildman–Crippen LogP) is 3.08. The van der Waals surface area contributed by atoms with Crippen molar-refractivity contribution in [3.63, 3.8) is 0 Å².